The maximum Gasteiger partial charge on any atom is 0.387 e. The molecule has 1 unspecified atom stereocenters. The number of nitrogens with zero attached hydrogens (tertiary/aromatic N) is 5. The number of aromatic nitrogens is 2. The molecule has 0 aliphatic carbocycles. The fraction of sp³-hybridized carbons (Fsp3) is 0.302. The number of carbonyl (C=O) groups is 1. The average Bonchev–Trinajstić information content (AvgIpc) is 3.98. The number of hydrogen-bond donors (Lipinski definition) is 1. The Kier molecular flexibility index (Phi) is 9.56. The number of alkyl halides is 2. The Labute approximate surface area is 315 Å². The standard InChI is InChI=1S/C43H37F2N5O5/c1-4-26-13-15-49(21-26)22-27-16-28(20-46)39-35(17-27)48-41(55-39)33-11-6-9-31(25(33)3)30-8-5-10-32(24(30)2)40-47-34-18-29(23-50-14-7-12-36(50)42(51)52)37(54-43(44)45)19-38(34)53-40/h1,5-6,8-11,16-19,26,36,43H,7,12-15,21-23H2,2-3H3,(H,51,52)/t26?,36-/m0/s1. The smallest absolute Gasteiger partial charge is 0.387 e. The molecule has 0 amide bonds. The number of oxazole rings is 2. The van der Waals surface area contributed by atoms with Crippen LogP contribution in [0, 0.1) is 43.4 Å². The summed E-state index contributed by atoms with van der Waals surface area (Å²) in [7, 11) is 0. The number of ether oxygens (including phenoxy) is 1. The molecule has 8 rings (SSSR count). The Hall–Kier alpha value is -6.08. The molecule has 4 heterocycles. The predicted molar refractivity (Wildman–Crippen MR) is 202 cm³/mol. The quantitative estimate of drug-likeness (QED) is 0.136. The van der Waals surface area contributed by atoms with Gasteiger partial charge in [0, 0.05) is 48.3 Å². The molecule has 278 valence electrons. The van der Waals surface area contributed by atoms with Crippen LogP contribution < -0.4 is 4.74 Å². The monoisotopic (exact) mass is 741 g/mol. The van der Waals surface area contributed by atoms with Gasteiger partial charge in [-0.2, -0.15) is 14.0 Å². The van der Waals surface area contributed by atoms with E-state index in [9.17, 15) is 23.9 Å². The number of carboxylic acid groups (broad SMARTS) is 1. The lowest BCUT2D eigenvalue weighted by Crippen LogP contribution is -2.35. The Morgan fingerprint density at radius 2 is 1.65 bits per heavy atom. The molecule has 2 aromatic heterocycles. The van der Waals surface area contributed by atoms with Gasteiger partial charge in [-0.15, -0.1) is 12.3 Å². The zero-order valence-corrected chi connectivity index (χ0v) is 30.3. The van der Waals surface area contributed by atoms with Crippen molar-refractivity contribution in [2.24, 2.45) is 5.92 Å². The minimum atomic E-state index is -3.08. The highest BCUT2D eigenvalue weighted by molar-refractivity contribution is 5.86. The minimum absolute atomic E-state index is 0.0822. The Morgan fingerprint density at radius 1 is 0.964 bits per heavy atom. The first kappa shape index (κ1) is 35.9. The molecule has 2 atom stereocenters. The summed E-state index contributed by atoms with van der Waals surface area (Å²) < 4.78 is 44.3. The van der Waals surface area contributed by atoms with E-state index in [1.54, 1.807) is 11.0 Å². The molecule has 2 aliphatic heterocycles. The van der Waals surface area contributed by atoms with Gasteiger partial charge in [0.05, 0.1) is 5.56 Å². The van der Waals surface area contributed by atoms with Gasteiger partial charge < -0.3 is 18.7 Å². The maximum atomic E-state index is 13.5. The van der Waals surface area contributed by atoms with Crippen molar-refractivity contribution in [1.82, 2.24) is 19.8 Å². The molecule has 55 heavy (non-hydrogen) atoms. The maximum absolute atomic E-state index is 13.5. The third-order valence-corrected chi connectivity index (χ3v) is 10.8. The molecule has 2 saturated heterocycles. The van der Waals surface area contributed by atoms with E-state index in [-0.39, 0.29) is 23.8 Å². The summed E-state index contributed by atoms with van der Waals surface area (Å²) >= 11 is 0. The number of aliphatic carboxylic acids is 1. The molecule has 0 bridgehead atoms. The van der Waals surface area contributed by atoms with Gasteiger partial charge in [-0.05, 0) is 104 Å². The van der Waals surface area contributed by atoms with Gasteiger partial charge in [0.1, 0.15) is 28.9 Å². The largest absolute Gasteiger partial charge is 0.480 e. The number of rotatable bonds is 10. The van der Waals surface area contributed by atoms with E-state index >= 15 is 0 Å². The van der Waals surface area contributed by atoms with Crippen LogP contribution in [-0.4, -0.2) is 63.1 Å². The van der Waals surface area contributed by atoms with E-state index in [0.717, 1.165) is 52.9 Å². The molecular formula is C43H37F2N5O5. The highest BCUT2D eigenvalue weighted by atomic mass is 19.3. The summed E-state index contributed by atoms with van der Waals surface area (Å²) in [5, 5.41) is 19.7. The Balaban J connectivity index is 1.12. The van der Waals surface area contributed by atoms with Gasteiger partial charge in [0.25, 0.3) is 0 Å². The lowest BCUT2D eigenvalue weighted by Gasteiger charge is -2.22. The minimum Gasteiger partial charge on any atom is -0.480 e. The van der Waals surface area contributed by atoms with Gasteiger partial charge in [-0.1, -0.05) is 24.3 Å². The van der Waals surface area contributed by atoms with Crippen molar-refractivity contribution in [2.45, 2.75) is 58.9 Å². The number of halogens is 2. The number of likely N-dealkylation sites (tertiary alicyclic amines) is 2. The van der Waals surface area contributed by atoms with Crippen LogP contribution in [0.2, 0.25) is 0 Å². The third-order valence-electron chi connectivity index (χ3n) is 10.8. The van der Waals surface area contributed by atoms with Crippen molar-refractivity contribution in [2.75, 3.05) is 19.6 Å². The van der Waals surface area contributed by atoms with Crippen LogP contribution in [0.4, 0.5) is 8.78 Å². The summed E-state index contributed by atoms with van der Waals surface area (Å²) in [6.45, 7) is 3.94. The zero-order valence-electron chi connectivity index (χ0n) is 30.3. The average molecular weight is 742 g/mol. The fourth-order valence-electron chi connectivity index (χ4n) is 8.03. The molecule has 0 spiro atoms. The lowest BCUT2D eigenvalue weighted by atomic mass is 9.91. The fourth-order valence-corrected chi connectivity index (χ4v) is 8.03. The van der Waals surface area contributed by atoms with Gasteiger partial charge in [0.2, 0.25) is 11.8 Å². The van der Waals surface area contributed by atoms with Gasteiger partial charge in [0.15, 0.2) is 11.2 Å². The van der Waals surface area contributed by atoms with Crippen molar-refractivity contribution >= 4 is 28.2 Å². The van der Waals surface area contributed by atoms with E-state index in [4.69, 9.17) is 30.0 Å². The molecule has 2 aliphatic rings. The summed E-state index contributed by atoms with van der Waals surface area (Å²) in [4.78, 5) is 25.5. The van der Waals surface area contributed by atoms with Crippen molar-refractivity contribution in [1.29, 1.82) is 5.26 Å². The highest BCUT2D eigenvalue weighted by Crippen LogP contribution is 2.39. The number of carboxylic acids is 1. The van der Waals surface area contributed by atoms with Crippen LogP contribution in [0.5, 0.6) is 5.75 Å². The third kappa shape index (κ3) is 6.91. The van der Waals surface area contributed by atoms with Crippen LogP contribution in [0.3, 0.4) is 0 Å². The van der Waals surface area contributed by atoms with Gasteiger partial charge >= 0.3 is 12.6 Å². The van der Waals surface area contributed by atoms with E-state index < -0.39 is 18.6 Å². The molecule has 10 nitrogen and oxygen atoms in total. The second-order valence-corrected chi connectivity index (χ2v) is 14.3. The van der Waals surface area contributed by atoms with E-state index in [1.807, 2.05) is 62.4 Å². The van der Waals surface area contributed by atoms with E-state index in [1.165, 1.54) is 6.07 Å². The molecular weight excluding hydrogens is 704 g/mol. The van der Waals surface area contributed by atoms with Crippen LogP contribution in [0.25, 0.3) is 56.2 Å². The van der Waals surface area contributed by atoms with E-state index in [0.29, 0.717) is 71.0 Å². The van der Waals surface area contributed by atoms with Crippen LogP contribution >= 0.6 is 0 Å². The molecule has 6 aromatic rings. The number of terminal acetylenes is 1. The first-order chi connectivity index (χ1) is 26.6. The molecule has 4 aromatic carbocycles. The number of fused-ring (bicyclic) bond motifs is 2. The zero-order chi connectivity index (χ0) is 38.4. The summed E-state index contributed by atoms with van der Waals surface area (Å²) in [6, 6.07) is 20.1. The lowest BCUT2D eigenvalue weighted by molar-refractivity contribution is -0.142. The first-order valence-electron chi connectivity index (χ1n) is 18.2. The second-order valence-electron chi connectivity index (χ2n) is 14.3. The highest BCUT2D eigenvalue weighted by Gasteiger charge is 2.32. The van der Waals surface area contributed by atoms with Gasteiger partial charge in [-0.3, -0.25) is 14.6 Å². The topological polar surface area (TPSA) is 129 Å². The molecule has 1 N–H and O–H groups in total. The molecule has 0 saturated carbocycles. The number of benzene rings is 4. The van der Waals surface area contributed by atoms with Crippen LogP contribution in [-0.2, 0) is 17.9 Å². The number of nitriles is 1. The summed E-state index contributed by atoms with van der Waals surface area (Å²) in [6.07, 6.45) is 7.79. The van der Waals surface area contributed by atoms with Crippen LogP contribution in [0.1, 0.15) is 47.1 Å². The molecule has 2 fully saturated rings. The number of hydrogen-bond acceptors (Lipinski definition) is 9. The Bertz CT molecular complexity index is 2550. The van der Waals surface area contributed by atoms with Gasteiger partial charge in [-0.25, -0.2) is 9.97 Å². The Morgan fingerprint density at radius 3 is 2.31 bits per heavy atom. The van der Waals surface area contributed by atoms with Crippen molar-refractivity contribution in [3.8, 4) is 58.2 Å². The SMILES string of the molecule is C#CC1CCN(Cc2cc(C#N)c3oc(-c4cccc(-c5cccc(-c6nc7cc(CN8CCC[C@H]8C(=O)O)c(OC(F)F)cc7o6)c5C)c4C)nc3c2)C1. The predicted octanol–water partition coefficient (Wildman–Crippen LogP) is 8.56. The summed E-state index contributed by atoms with van der Waals surface area (Å²) in [5.74, 6) is 2.77. The van der Waals surface area contributed by atoms with Crippen molar-refractivity contribution in [3.05, 3.63) is 88.5 Å². The van der Waals surface area contributed by atoms with Crippen LogP contribution in [0.15, 0.2) is 69.5 Å². The first-order valence-corrected chi connectivity index (χ1v) is 18.2. The normalized spacial score (nSPS) is 17.7. The molecule has 12 heteroatoms. The summed E-state index contributed by atoms with van der Waals surface area (Å²) in [5.41, 5.74) is 8.71. The molecule has 0 radical (unpaired) electrons. The van der Waals surface area contributed by atoms with Crippen molar-refractivity contribution < 1.29 is 32.3 Å². The van der Waals surface area contributed by atoms with Crippen molar-refractivity contribution in [3.63, 3.8) is 0 Å². The van der Waals surface area contributed by atoms with E-state index in [2.05, 4.69) is 16.9 Å². The second kappa shape index (κ2) is 14.6.